The van der Waals surface area contributed by atoms with E-state index in [0.717, 1.165) is 11.4 Å². The average molecular weight is 248 g/mol. The molecule has 0 fully saturated rings. The summed E-state index contributed by atoms with van der Waals surface area (Å²) >= 11 is 0. The number of hydrogen-bond donors (Lipinski definition) is 2. The van der Waals surface area contributed by atoms with Gasteiger partial charge in [-0.15, -0.1) is 0 Å². The number of hydrogen-bond acceptors (Lipinski definition) is 2. The fourth-order valence-corrected chi connectivity index (χ4v) is 1.95. The van der Waals surface area contributed by atoms with Crippen molar-refractivity contribution in [1.82, 2.24) is 0 Å². The van der Waals surface area contributed by atoms with E-state index in [2.05, 4.69) is 24.5 Å². The van der Waals surface area contributed by atoms with E-state index in [9.17, 15) is 4.79 Å². The summed E-state index contributed by atoms with van der Waals surface area (Å²) in [5, 5.41) is 6.25. The highest BCUT2D eigenvalue weighted by Crippen LogP contribution is 2.17. The minimum atomic E-state index is -0.0388. The van der Waals surface area contributed by atoms with Gasteiger partial charge in [-0.25, -0.2) is 0 Å². The van der Waals surface area contributed by atoms with Gasteiger partial charge in [-0.2, -0.15) is 0 Å². The van der Waals surface area contributed by atoms with Crippen molar-refractivity contribution in [3.8, 4) is 0 Å². The third-order valence-corrected chi connectivity index (χ3v) is 2.84. The van der Waals surface area contributed by atoms with E-state index in [1.165, 1.54) is 32.6 Å². The summed E-state index contributed by atoms with van der Waals surface area (Å²) in [6, 6.07) is 8.31. The Morgan fingerprint density at radius 3 is 2.67 bits per heavy atom. The van der Waals surface area contributed by atoms with Crippen molar-refractivity contribution in [3.05, 3.63) is 24.3 Å². The minimum Gasteiger partial charge on any atom is -0.383 e. The Labute approximate surface area is 110 Å². The highest BCUT2D eigenvalue weighted by molar-refractivity contribution is 5.89. The molecule has 0 aromatic heterocycles. The first-order valence-corrected chi connectivity index (χ1v) is 6.76. The molecule has 0 radical (unpaired) electrons. The first-order valence-electron chi connectivity index (χ1n) is 6.76. The van der Waals surface area contributed by atoms with Crippen molar-refractivity contribution in [2.24, 2.45) is 0 Å². The second-order valence-corrected chi connectivity index (χ2v) is 4.80. The van der Waals surface area contributed by atoms with Crippen LogP contribution in [0.15, 0.2) is 24.3 Å². The van der Waals surface area contributed by atoms with Gasteiger partial charge in [0.05, 0.1) is 0 Å². The monoisotopic (exact) mass is 248 g/mol. The molecule has 0 spiro atoms. The number of anilines is 2. The molecule has 1 amide bonds. The quantitative estimate of drug-likeness (QED) is 0.715. The second kappa shape index (κ2) is 7.75. The Kier molecular flexibility index (Phi) is 6.26. The summed E-state index contributed by atoms with van der Waals surface area (Å²) < 4.78 is 0. The lowest BCUT2D eigenvalue weighted by Gasteiger charge is -2.15. The number of benzene rings is 1. The minimum absolute atomic E-state index is 0.0388. The molecule has 100 valence electrons. The Hall–Kier alpha value is -1.51. The second-order valence-electron chi connectivity index (χ2n) is 4.80. The number of amides is 1. The van der Waals surface area contributed by atoms with Crippen LogP contribution in [0.4, 0.5) is 11.4 Å². The van der Waals surface area contributed by atoms with Crippen LogP contribution >= 0.6 is 0 Å². The molecule has 2 N–H and O–H groups in total. The van der Waals surface area contributed by atoms with E-state index in [-0.39, 0.29) is 5.91 Å². The molecule has 0 aliphatic carbocycles. The van der Waals surface area contributed by atoms with Gasteiger partial charge in [0.2, 0.25) is 5.91 Å². The van der Waals surface area contributed by atoms with Crippen LogP contribution in [0.1, 0.15) is 46.5 Å². The van der Waals surface area contributed by atoms with Gasteiger partial charge in [0.15, 0.2) is 0 Å². The van der Waals surface area contributed by atoms with E-state index in [0.29, 0.717) is 6.04 Å². The van der Waals surface area contributed by atoms with Gasteiger partial charge in [0.25, 0.3) is 0 Å². The molecule has 0 aliphatic rings. The molecular formula is C15H24N2O. The number of nitrogens with one attached hydrogen (secondary N) is 2. The fourth-order valence-electron chi connectivity index (χ4n) is 1.95. The Morgan fingerprint density at radius 1 is 1.28 bits per heavy atom. The summed E-state index contributed by atoms with van der Waals surface area (Å²) in [4.78, 5) is 11.0. The molecule has 3 nitrogen and oxygen atoms in total. The van der Waals surface area contributed by atoms with Crippen LogP contribution in [0, 0.1) is 0 Å². The van der Waals surface area contributed by atoms with E-state index in [4.69, 9.17) is 0 Å². The SMILES string of the molecule is CCCCCC(C)Nc1cccc(NC(C)=O)c1. The molecule has 3 heteroatoms. The molecule has 0 heterocycles. The lowest BCUT2D eigenvalue weighted by molar-refractivity contribution is -0.114. The lowest BCUT2D eigenvalue weighted by Crippen LogP contribution is -2.15. The van der Waals surface area contributed by atoms with Crippen LogP contribution < -0.4 is 10.6 Å². The highest BCUT2D eigenvalue weighted by atomic mass is 16.1. The molecule has 1 aromatic rings. The van der Waals surface area contributed by atoms with E-state index in [1.807, 2.05) is 24.3 Å². The maximum absolute atomic E-state index is 11.0. The summed E-state index contributed by atoms with van der Waals surface area (Å²) in [6.45, 7) is 5.93. The van der Waals surface area contributed by atoms with Crippen LogP contribution in [0.25, 0.3) is 0 Å². The zero-order chi connectivity index (χ0) is 13.4. The van der Waals surface area contributed by atoms with Crippen molar-refractivity contribution < 1.29 is 4.79 Å². The van der Waals surface area contributed by atoms with Gasteiger partial charge >= 0.3 is 0 Å². The predicted molar refractivity (Wildman–Crippen MR) is 78.0 cm³/mol. The van der Waals surface area contributed by atoms with Crippen LogP contribution in [-0.2, 0) is 4.79 Å². The first-order chi connectivity index (χ1) is 8.61. The van der Waals surface area contributed by atoms with Gasteiger partial charge in [-0.05, 0) is 31.5 Å². The van der Waals surface area contributed by atoms with E-state index in [1.54, 1.807) is 0 Å². The summed E-state index contributed by atoms with van der Waals surface area (Å²) in [5.74, 6) is -0.0388. The van der Waals surface area contributed by atoms with E-state index < -0.39 is 0 Å². The lowest BCUT2D eigenvalue weighted by atomic mass is 10.1. The maximum atomic E-state index is 11.0. The van der Waals surface area contributed by atoms with Crippen LogP contribution in [0.2, 0.25) is 0 Å². The molecule has 0 saturated heterocycles. The summed E-state index contributed by atoms with van der Waals surface area (Å²) in [5.41, 5.74) is 1.90. The fraction of sp³-hybridized carbons (Fsp3) is 0.533. The van der Waals surface area contributed by atoms with Crippen molar-refractivity contribution >= 4 is 17.3 Å². The molecule has 1 atom stereocenters. The van der Waals surface area contributed by atoms with Crippen LogP contribution in [-0.4, -0.2) is 11.9 Å². The number of carbonyl (C=O) groups is 1. The third kappa shape index (κ3) is 5.71. The Morgan fingerprint density at radius 2 is 2.00 bits per heavy atom. The number of rotatable bonds is 7. The molecule has 0 aliphatic heterocycles. The maximum Gasteiger partial charge on any atom is 0.221 e. The van der Waals surface area contributed by atoms with Crippen molar-refractivity contribution in [2.45, 2.75) is 52.5 Å². The average Bonchev–Trinajstić information content (AvgIpc) is 2.28. The highest BCUT2D eigenvalue weighted by Gasteiger charge is 2.03. The van der Waals surface area contributed by atoms with Crippen molar-refractivity contribution in [2.75, 3.05) is 10.6 Å². The molecule has 1 unspecified atom stereocenters. The molecular weight excluding hydrogens is 224 g/mol. The van der Waals surface area contributed by atoms with Crippen molar-refractivity contribution in [3.63, 3.8) is 0 Å². The molecule has 18 heavy (non-hydrogen) atoms. The predicted octanol–water partition coefficient (Wildman–Crippen LogP) is 4.03. The van der Waals surface area contributed by atoms with Crippen molar-refractivity contribution in [1.29, 1.82) is 0 Å². The standard InChI is InChI=1S/C15H24N2O/c1-4-5-6-8-12(2)16-14-9-7-10-15(11-14)17-13(3)18/h7,9-12,16H,4-6,8H2,1-3H3,(H,17,18). The largest absolute Gasteiger partial charge is 0.383 e. The molecule has 1 rings (SSSR count). The summed E-state index contributed by atoms with van der Waals surface area (Å²) in [6.07, 6.45) is 4.98. The van der Waals surface area contributed by atoms with Gasteiger partial charge in [-0.1, -0.05) is 32.3 Å². The van der Waals surface area contributed by atoms with Gasteiger partial charge < -0.3 is 10.6 Å². The Bertz CT molecular complexity index is 377. The van der Waals surface area contributed by atoms with Crippen LogP contribution in [0.3, 0.4) is 0 Å². The Balaban J connectivity index is 2.48. The number of unbranched alkanes of at least 4 members (excludes halogenated alkanes) is 2. The van der Waals surface area contributed by atoms with Gasteiger partial charge in [-0.3, -0.25) is 4.79 Å². The van der Waals surface area contributed by atoms with E-state index >= 15 is 0 Å². The molecule has 0 saturated carbocycles. The first kappa shape index (κ1) is 14.6. The zero-order valence-corrected chi connectivity index (χ0v) is 11.6. The number of carbonyl (C=O) groups excluding carboxylic acids is 1. The third-order valence-electron chi connectivity index (χ3n) is 2.84. The molecule has 0 bridgehead atoms. The van der Waals surface area contributed by atoms with Crippen LogP contribution in [0.5, 0.6) is 0 Å². The van der Waals surface area contributed by atoms with Gasteiger partial charge in [0.1, 0.15) is 0 Å². The normalized spacial score (nSPS) is 11.9. The topological polar surface area (TPSA) is 41.1 Å². The van der Waals surface area contributed by atoms with Gasteiger partial charge in [0, 0.05) is 24.3 Å². The molecule has 1 aromatic carbocycles. The summed E-state index contributed by atoms with van der Waals surface area (Å²) in [7, 11) is 0. The zero-order valence-electron chi connectivity index (χ0n) is 11.6. The smallest absolute Gasteiger partial charge is 0.221 e.